The number of likely N-dealkylation sites (N-methyl/N-ethyl adjacent to an activating group) is 1. The Hall–Kier alpha value is -2.37. The summed E-state index contributed by atoms with van der Waals surface area (Å²) in [6.07, 6.45) is 3.31. The molecule has 100 valence electrons. The van der Waals surface area contributed by atoms with Gasteiger partial charge in [0.25, 0.3) is 5.91 Å². The highest BCUT2D eigenvalue weighted by Gasteiger charge is 2.11. The molecule has 1 heterocycles. The number of imidazole rings is 1. The summed E-state index contributed by atoms with van der Waals surface area (Å²) in [6, 6.07) is 5.68. The highest BCUT2D eigenvalue weighted by molar-refractivity contribution is 5.77. The molecule has 1 aromatic carbocycles. The highest BCUT2D eigenvalue weighted by atomic mass is 19.1. The van der Waals surface area contributed by atoms with Crippen molar-refractivity contribution in [1.29, 1.82) is 0 Å². The molecule has 1 amide bonds. The number of hydrogen-bond donors (Lipinski definition) is 1. The van der Waals surface area contributed by atoms with Gasteiger partial charge in [0.05, 0.1) is 6.54 Å². The smallest absolute Gasteiger partial charge is 0.260 e. The third kappa shape index (κ3) is 3.80. The van der Waals surface area contributed by atoms with E-state index in [1.54, 1.807) is 25.5 Å². The fourth-order valence-electron chi connectivity index (χ4n) is 1.51. The molecule has 5 nitrogen and oxygen atoms in total. The zero-order valence-corrected chi connectivity index (χ0v) is 10.5. The third-order valence-corrected chi connectivity index (χ3v) is 2.53. The minimum absolute atomic E-state index is 0.138. The van der Waals surface area contributed by atoms with Crippen molar-refractivity contribution in [3.63, 3.8) is 0 Å². The van der Waals surface area contributed by atoms with Gasteiger partial charge in [-0.25, -0.2) is 9.37 Å². The number of aromatic amines is 1. The lowest BCUT2D eigenvalue weighted by Gasteiger charge is -2.16. The minimum atomic E-state index is -0.395. The monoisotopic (exact) mass is 263 g/mol. The van der Waals surface area contributed by atoms with Gasteiger partial charge in [-0.3, -0.25) is 4.79 Å². The lowest BCUT2D eigenvalue weighted by Crippen LogP contribution is -2.31. The number of carbonyl (C=O) groups is 1. The standard InChI is InChI=1S/C13H14FN3O2/c1-17(8-12-15-5-6-16-12)13(18)9-19-11-4-2-3-10(14)7-11/h2-7H,8-9H2,1H3,(H,15,16). The highest BCUT2D eigenvalue weighted by Crippen LogP contribution is 2.11. The Morgan fingerprint density at radius 2 is 2.37 bits per heavy atom. The van der Waals surface area contributed by atoms with E-state index in [0.29, 0.717) is 18.1 Å². The van der Waals surface area contributed by atoms with Gasteiger partial charge < -0.3 is 14.6 Å². The number of amides is 1. The van der Waals surface area contributed by atoms with Crippen molar-refractivity contribution in [2.75, 3.05) is 13.7 Å². The molecule has 0 saturated heterocycles. The zero-order valence-electron chi connectivity index (χ0n) is 10.5. The molecule has 0 saturated carbocycles. The molecule has 19 heavy (non-hydrogen) atoms. The number of aromatic nitrogens is 2. The van der Waals surface area contributed by atoms with Crippen LogP contribution >= 0.6 is 0 Å². The van der Waals surface area contributed by atoms with Crippen LogP contribution in [0.1, 0.15) is 5.82 Å². The van der Waals surface area contributed by atoms with Gasteiger partial charge >= 0.3 is 0 Å². The second-order valence-electron chi connectivity index (χ2n) is 4.03. The molecule has 1 N–H and O–H groups in total. The van der Waals surface area contributed by atoms with E-state index in [0.717, 1.165) is 0 Å². The lowest BCUT2D eigenvalue weighted by molar-refractivity contribution is -0.132. The van der Waals surface area contributed by atoms with E-state index in [2.05, 4.69) is 9.97 Å². The van der Waals surface area contributed by atoms with Crippen molar-refractivity contribution in [2.24, 2.45) is 0 Å². The average Bonchev–Trinajstić information content (AvgIpc) is 2.89. The molecule has 0 aliphatic rings. The largest absolute Gasteiger partial charge is 0.484 e. The molecule has 1 aromatic heterocycles. The van der Waals surface area contributed by atoms with E-state index in [1.807, 2.05) is 0 Å². The number of ether oxygens (including phenoxy) is 1. The maximum Gasteiger partial charge on any atom is 0.260 e. The van der Waals surface area contributed by atoms with Crippen molar-refractivity contribution in [1.82, 2.24) is 14.9 Å². The van der Waals surface area contributed by atoms with Gasteiger partial charge in [0.1, 0.15) is 17.4 Å². The number of halogens is 1. The SMILES string of the molecule is CN(Cc1ncc[nH]1)C(=O)COc1cccc(F)c1. The van der Waals surface area contributed by atoms with Crippen LogP contribution < -0.4 is 4.74 Å². The number of H-pyrrole nitrogens is 1. The van der Waals surface area contributed by atoms with Crippen molar-refractivity contribution < 1.29 is 13.9 Å². The summed E-state index contributed by atoms with van der Waals surface area (Å²) in [4.78, 5) is 20.2. The molecule has 0 radical (unpaired) electrons. The van der Waals surface area contributed by atoms with Gasteiger partial charge in [-0.15, -0.1) is 0 Å². The Kier molecular flexibility index (Phi) is 4.12. The summed E-state index contributed by atoms with van der Waals surface area (Å²) in [5.74, 6) is 0.427. The maximum atomic E-state index is 12.9. The predicted molar refractivity (Wildman–Crippen MR) is 67.0 cm³/mol. The second-order valence-corrected chi connectivity index (χ2v) is 4.03. The van der Waals surface area contributed by atoms with E-state index in [1.165, 1.54) is 23.1 Å². The van der Waals surface area contributed by atoms with E-state index < -0.39 is 5.82 Å². The summed E-state index contributed by atoms with van der Waals surface area (Å²) < 4.78 is 18.1. The molecular weight excluding hydrogens is 249 g/mol. The van der Waals surface area contributed by atoms with Crippen molar-refractivity contribution >= 4 is 5.91 Å². The van der Waals surface area contributed by atoms with Crippen LogP contribution in [0, 0.1) is 5.82 Å². The van der Waals surface area contributed by atoms with Crippen LogP contribution in [0.2, 0.25) is 0 Å². The first kappa shape index (κ1) is 13.1. The Balaban J connectivity index is 1.84. The first-order valence-corrected chi connectivity index (χ1v) is 5.76. The number of benzene rings is 1. The summed E-state index contributed by atoms with van der Waals surface area (Å²) in [5, 5.41) is 0. The second kappa shape index (κ2) is 5.99. The molecule has 0 atom stereocenters. The summed E-state index contributed by atoms with van der Waals surface area (Å²) in [5.41, 5.74) is 0. The number of nitrogens with zero attached hydrogens (tertiary/aromatic N) is 2. The van der Waals surface area contributed by atoms with Crippen LogP contribution in [0.3, 0.4) is 0 Å². The van der Waals surface area contributed by atoms with Crippen LogP contribution in [0.25, 0.3) is 0 Å². The van der Waals surface area contributed by atoms with Gasteiger partial charge in [-0.05, 0) is 12.1 Å². The normalized spacial score (nSPS) is 10.2. The Labute approximate surface area is 110 Å². The first-order valence-electron chi connectivity index (χ1n) is 5.76. The molecule has 0 spiro atoms. The van der Waals surface area contributed by atoms with Crippen LogP contribution in [-0.4, -0.2) is 34.4 Å². The number of nitrogens with one attached hydrogen (secondary N) is 1. The lowest BCUT2D eigenvalue weighted by atomic mass is 10.3. The molecule has 6 heteroatoms. The van der Waals surface area contributed by atoms with Crippen LogP contribution in [0.4, 0.5) is 4.39 Å². The molecule has 0 unspecified atom stereocenters. The quantitative estimate of drug-likeness (QED) is 0.891. The molecule has 0 fully saturated rings. The zero-order chi connectivity index (χ0) is 13.7. The van der Waals surface area contributed by atoms with Gasteiger partial charge in [0, 0.05) is 25.5 Å². The third-order valence-electron chi connectivity index (χ3n) is 2.53. The van der Waals surface area contributed by atoms with Crippen molar-refractivity contribution in [3.05, 3.63) is 48.3 Å². The van der Waals surface area contributed by atoms with Crippen molar-refractivity contribution in [2.45, 2.75) is 6.54 Å². The topological polar surface area (TPSA) is 58.2 Å². The molecule has 2 aromatic rings. The van der Waals surface area contributed by atoms with Gasteiger partial charge in [0.2, 0.25) is 0 Å². The van der Waals surface area contributed by atoms with Crippen molar-refractivity contribution in [3.8, 4) is 5.75 Å². The number of carbonyl (C=O) groups excluding carboxylic acids is 1. The van der Waals surface area contributed by atoms with Gasteiger partial charge in [-0.2, -0.15) is 0 Å². The summed E-state index contributed by atoms with van der Waals surface area (Å²) in [6.45, 7) is 0.235. The van der Waals surface area contributed by atoms with E-state index >= 15 is 0 Å². The van der Waals surface area contributed by atoms with Crippen LogP contribution in [0.15, 0.2) is 36.7 Å². The predicted octanol–water partition coefficient (Wildman–Crippen LogP) is 1.59. The molecule has 0 bridgehead atoms. The molecule has 2 rings (SSSR count). The summed E-state index contributed by atoms with van der Waals surface area (Å²) >= 11 is 0. The van der Waals surface area contributed by atoms with Crippen LogP contribution in [0.5, 0.6) is 5.75 Å². The maximum absolute atomic E-state index is 12.9. The van der Waals surface area contributed by atoms with E-state index in [-0.39, 0.29) is 12.5 Å². The minimum Gasteiger partial charge on any atom is -0.484 e. The molecular formula is C13H14FN3O2. The van der Waals surface area contributed by atoms with E-state index in [4.69, 9.17) is 4.74 Å². The fraction of sp³-hybridized carbons (Fsp3) is 0.231. The van der Waals surface area contributed by atoms with E-state index in [9.17, 15) is 9.18 Å². The average molecular weight is 263 g/mol. The number of hydrogen-bond acceptors (Lipinski definition) is 3. The molecule has 0 aliphatic carbocycles. The summed E-state index contributed by atoms with van der Waals surface area (Å²) in [7, 11) is 1.65. The van der Waals surface area contributed by atoms with Gasteiger partial charge in [-0.1, -0.05) is 6.07 Å². The first-order chi connectivity index (χ1) is 9.15. The Bertz CT molecular complexity index is 543. The van der Waals surface area contributed by atoms with Gasteiger partial charge in [0.15, 0.2) is 6.61 Å². The Morgan fingerprint density at radius 1 is 1.53 bits per heavy atom. The fourth-order valence-corrected chi connectivity index (χ4v) is 1.51. The molecule has 0 aliphatic heterocycles. The Morgan fingerprint density at radius 3 is 3.05 bits per heavy atom. The van der Waals surface area contributed by atoms with Crippen LogP contribution in [-0.2, 0) is 11.3 Å². The number of rotatable bonds is 5.